The van der Waals surface area contributed by atoms with Gasteiger partial charge in [0, 0.05) is 29.7 Å². The van der Waals surface area contributed by atoms with Gasteiger partial charge in [-0.1, -0.05) is 13.8 Å². The average molecular weight is 147 g/mol. The van der Waals surface area contributed by atoms with Crippen LogP contribution < -0.4 is 0 Å². The second-order valence-electron chi connectivity index (χ2n) is 2.86. The van der Waals surface area contributed by atoms with E-state index in [1.54, 1.807) is 0 Å². The minimum absolute atomic E-state index is 1.11. The zero-order valence-corrected chi connectivity index (χ0v) is 7.35. The van der Waals surface area contributed by atoms with Gasteiger partial charge in [-0.2, -0.15) is 0 Å². The molecule has 0 N–H and O–H groups in total. The molecule has 0 aromatic rings. The van der Waals surface area contributed by atoms with Gasteiger partial charge in [0.1, 0.15) is 0 Å². The van der Waals surface area contributed by atoms with E-state index in [-0.39, 0.29) is 0 Å². The van der Waals surface area contributed by atoms with Crippen LogP contribution in [0.3, 0.4) is 0 Å². The zero-order chi connectivity index (χ0) is 8.27. The highest BCUT2D eigenvalue weighted by molar-refractivity contribution is 5.46. The van der Waals surface area contributed by atoms with Crippen LogP contribution in [-0.4, -0.2) is 0 Å². The second-order valence-corrected chi connectivity index (χ2v) is 2.86. The van der Waals surface area contributed by atoms with E-state index in [2.05, 4.69) is 39.0 Å². The predicted octanol–water partition coefficient (Wildman–Crippen LogP) is 3.43. The van der Waals surface area contributed by atoms with Crippen molar-refractivity contribution in [3.63, 3.8) is 0 Å². The van der Waals surface area contributed by atoms with Gasteiger partial charge in [0.25, 0.3) is 0 Å². The fourth-order valence-corrected chi connectivity index (χ4v) is 1.25. The maximum absolute atomic E-state index is 3.94. The molecule has 0 saturated carbocycles. The van der Waals surface area contributed by atoms with Gasteiger partial charge in [0.2, 0.25) is 0 Å². The molecule has 0 aromatic heterocycles. The Labute approximate surface area is 69.3 Å². The molecule has 0 radical (unpaired) electrons. The Bertz CT molecular complexity index is 216. The van der Waals surface area contributed by atoms with Crippen LogP contribution in [0.25, 0.3) is 0 Å². The normalized spacial score (nSPS) is 17.1. The van der Waals surface area contributed by atoms with E-state index in [4.69, 9.17) is 0 Å². The molecule has 0 aromatic carbocycles. The number of hydrogen-bond donors (Lipinski definition) is 0. The molecule has 11 heavy (non-hydrogen) atoms. The summed E-state index contributed by atoms with van der Waals surface area (Å²) in [7, 11) is 0. The van der Waals surface area contributed by atoms with Crippen molar-refractivity contribution < 1.29 is 0 Å². The molecule has 0 fully saturated rings. The lowest BCUT2D eigenvalue weighted by atomic mass is 9.93. The van der Waals surface area contributed by atoms with Crippen molar-refractivity contribution in [2.24, 2.45) is 0 Å². The van der Waals surface area contributed by atoms with E-state index in [1.807, 2.05) is 0 Å². The van der Waals surface area contributed by atoms with Gasteiger partial charge in [-0.25, -0.2) is 0 Å². The first-order valence-electron chi connectivity index (χ1n) is 4.21. The van der Waals surface area contributed by atoms with Crippen molar-refractivity contribution in [3.05, 3.63) is 41.9 Å². The number of allylic oxidation sites excluding steroid dienone is 5. The molecule has 0 bridgehead atoms. The third-order valence-electron chi connectivity index (χ3n) is 1.93. The van der Waals surface area contributed by atoms with Gasteiger partial charge in [-0.05, 0) is 19.4 Å². The van der Waals surface area contributed by atoms with E-state index in [0.29, 0.717) is 0 Å². The highest BCUT2D eigenvalue weighted by atomic mass is 14.1. The maximum atomic E-state index is 3.94. The lowest BCUT2D eigenvalue weighted by molar-refractivity contribution is 1.06. The molecule has 0 atom stereocenters. The monoisotopic (exact) mass is 147 g/mol. The smallest absolute Gasteiger partial charge is 0.0596 e. The van der Waals surface area contributed by atoms with Gasteiger partial charge in [0.05, 0.1) is 5.57 Å². The van der Waals surface area contributed by atoms with Gasteiger partial charge in [0.15, 0.2) is 0 Å². The highest BCUT2D eigenvalue weighted by Gasteiger charge is 2.12. The number of hydrogen-bond acceptors (Lipinski definition) is 0. The van der Waals surface area contributed by atoms with Crippen LogP contribution in [0.1, 0.15) is 26.7 Å². The summed E-state index contributed by atoms with van der Waals surface area (Å²) in [5.74, 6) is 0. The van der Waals surface area contributed by atoms with E-state index in [1.165, 1.54) is 11.1 Å². The number of rotatable bonds is 2. The van der Waals surface area contributed by atoms with Crippen LogP contribution in [0.4, 0.5) is 0 Å². The molecule has 1 aliphatic rings. The summed E-state index contributed by atoms with van der Waals surface area (Å²) >= 11 is 0. The summed E-state index contributed by atoms with van der Waals surface area (Å²) in [6.07, 6.45) is 8.78. The van der Waals surface area contributed by atoms with Crippen molar-refractivity contribution in [1.82, 2.24) is 0 Å². The molecule has 0 saturated heterocycles. The first-order valence-corrected chi connectivity index (χ1v) is 4.21. The molecule has 0 amide bonds. The molecule has 0 heterocycles. The molecule has 1 aliphatic carbocycles. The fourth-order valence-electron chi connectivity index (χ4n) is 1.25. The molecule has 58 valence electrons. The topological polar surface area (TPSA) is 0 Å². The molecule has 0 heteroatoms. The molecular formula is C11H15+. The third kappa shape index (κ3) is 2.01. The van der Waals surface area contributed by atoms with Crippen molar-refractivity contribution >= 4 is 0 Å². The predicted molar refractivity (Wildman–Crippen MR) is 50.2 cm³/mol. The van der Waals surface area contributed by atoms with Crippen molar-refractivity contribution in [3.8, 4) is 0 Å². The Morgan fingerprint density at radius 1 is 1.27 bits per heavy atom. The summed E-state index contributed by atoms with van der Waals surface area (Å²) in [4.78, 5) is 0. The van der Waals surface area contributed by atoms with E-state index >= 15 is 0 Å². The van der Waals surface area contributed by atoms with Crippen molar-refractivity contribution in [1.29, 1.82) is 0 Å². The summed E-state index contributed by atoms with van der Waals surface area (Å²) in [6.45, 7) is 8.29. The maximum Gasteiger partial charge on any atom is 0.0893 e. The Hall–Kier alpha value is -0.910. The van der Waals surface area contributed by atoms with Gasteiger partial charge >= 0.3 is 0 Å². The first kappa shape index (κ1) is 8.19. The van der Waals surface area contributed by atoms with E-state index < -0.39 is 0 Å². The van der Waals surface area contributed by atoms with Gasteiger partial charge < -0.3 is 0 Å². The summed E-state index contributed by atoms with van der Waals surface area (Å²) in [6, 6.07) is 0. The molecule has 0 nitrogen and oxygen atoms in total. The molecular weight excluding hydrogens is 132 g/mol. The fraction of sp³-hybridized carbons (Fsp3) is 0.364. The van der Waals surface area contributed by atoms with Crippen LogP contribution >= 0.6 is 0 Å². The lowest BCUT2D eigenvalue weighted by Gasteiger charge is -2.05. The minimum atomic E-state index is 1.11. The first-order chi connectivity index (χ1) is 5.26. The third-order valence-corrected chi connectivity index (χ3v) is 1.93. The van der Waals surface area contributed by atoms with Crippen LogP contribution in [0, 0.1) is 6.42 Å². The van der Waals surface area contributed by atoms with Crippen molar-refractivity contribution in [2.45, 2.75) is 26.7 Å². The molecule has 1 rings (SSSR count). The molecule has 0 aliphatic heterocycles. The quantitative estimate of drug-likeness (QED) is 0.525. The van der Waals surface area contributed by atoms with Crippen molar-refractivity contribution in [2.75, 3.05) is 0 Å². The lowest BCUT2D eigenvalue weighted by Crippen LogP contribution is -1.93. The standard InChI is InChI=1S/C11H15/c1-4-10-6-9(3)7-11(5-2)8-10/h6-8H,3-5H2,1-2H3/q+1. The average Bonchev–Trinajstić information content (AvgIpc) is 2.03. The largest absolute Gasteiger partial charge is 0.0893 e. The summed E-state index contributed by atoms with van der Waals surface area (Å²) < 4.78 is 0. The minimum Gasteiger partial charge on any atom is -0.0596 e. The van der Waals surface area contributed by atoms with Crippen LogP contribution in [0.5, 0.6) is 0 Å². The van der Waals surface area contributed by atoms with E-state index in [0.717, 1.165) is 18.4 Å². The molecule has 0 spiro atoms. The summed E-state index contributed by atoms with van der Waals surface area (Å²) in [5.41, 5.74) is 3.94. The molecule has 0 unspecified atom stereocenters. The Kier molecular flexibility index (Phi) is 2.58. The Balaban J connectivity index is 2.79. The van der Waals surface area contributed by atoms with E-state index in [9.17, 15) is 0 Å². The van der Waals surface area contributed by atoms with Crippen LogP contribution in [0.2, 0.25) is 0 Å². The summed E-state index contributed by atoms with van der Waals surface area (Å²) in [5, 5.41) is 0. The van der Waals surface area contributed by atoms with Gasteiger partial charge in [-0.15, -0.1) is 0 Å². The zero-order valence-electron chi connectivity index (χ0n) is 7.35. The second kappa shape index (κ2) is 3.47. The van der Waals surface area contributed by atoms with Crippen LogP contribution in [-0.2, 0) is 0 Å². The Morgan fingerprint density at radius 2 is 2.00 bits per heavy atom. The highest BCUT2D eigenvalue weighted by Crippen LogP contribution is 2.23. The SMILES string of the molecule is C=C1C=C(CC)C=C(CC)[CH+]1. The van der Waals surface area contributed by atoms with Gasteiger partial charge in [-0.3, -0.25) is 0 Å². The Morgan fingerprint density at radius 3 is 2.55 bits per heavy atom. The van der Waals surface area contributed by atoms with Crippen LogP contribution in [0.15, 0.2) is 35.5 Å².